The predicted octanol–water partition coefficient (Wildman–Crippen LogP) is 5.16. The van der Waals surface area contributed by atoms with Crippen LogP contribution in [0.2, 0.25) is 0 Å². The van der Waals surface area contributed by atoms with Crippen molar-refractivity contribution in [2.75, 3.05) is 7.11 Å². The summed E-state index contributed by atoms with van der Waals surface area (Å²) in [6, 6.07) is 8.09. The average Bonchev–Trinajstić information content (AvgIpc) is 2.75. The standard InChI is InChI=1S/C13H12BrClOS/c1-8-3-4-9(7-11(8)16-2)12(15)13-10(14)5-6-17-13/h3-7,12H,1-2H3. The number of halogens is 2. The topological polar surface area (TPSA) is 9.23 Å². The molecule has 1 aromatic carbocycles. The molecule has 0 fully saturated rings. The van der Waals surface area contributed by atoms with E-state index in [9.17, 15) is 0 Å². The van der Waals surface area contributed by atoms with E-state index in [2.05, 4.69) is 15.9 Å². The molecule has 0 radical (unpaired) electrons. The molecule has 0 aliphatic carbocycles. The number of rotatable bonds is 3. The van der Waals surface area contributed by atoms with Gasteiger partial charge in [0.05, 0.1) is 12.5 Å². The largest absolute Gasteiger partial charge is 0.496 e. The Kier molecular flexibility index (Phi) is 4.13. The zero-order valence-corrected chi connectivity index (χ0v) is 12.7. The van der Waals surface area contributed by atoms with Gasteiger partial charge in [-0.2, -0.15) is 0 Å². The van der Waals surface area contributed by atoms with Gasteiger partial charge in [-0.3, -0.25) is 0 Å². The minimum absolute atomic E-state index is 0.140. The molecular formula is C13H12BrClOS. The molecule has 0 N–H and O–H groups in total. The predicted molar refractivity (Wildman–Crippen MR) is 77.4 cm³/mol. The Morgan fingerprint density at radius 1 is 1.35 bits per heavy atom. The van der Waals surface area contributed by atoms with E-state index in [1.165, 1.54) is 0 Å². The summed E-state index contributed by atoms with van der Waals surface area (Å²) in [5.74, 6) is 0.876. The molecule has 1 aromatic heterocycles. The summed E-state index contributed by atoms with van der Waals surface area (Å²) in [6.45, 7) is 2.02. The van der Waals surface area contributed by atoms with Crippen LogP contribution in [0.4, 0.5) is 0 Å². The van der Waals surface area contributed by atoms with E-state index in [0.29, 0.717) is 0 Å². The van der Waals surface area contributed by atoms with Gasteiger partial charge in [-0.15, -0.1) is 22.9 Å². The molecule has 0 aliphatic heterocycles. The number of hydrogen-bond donors (Lipinski definition) is 0. The number of hydrogen-bond acceptors (Lipinski definition) is 2. The molecule has 17 heavy (non-hydrogen) atoms. The molecule has 0 amide bonds. The number of thiophene rings is 1. The monoisotopic (exact) mass is 330 g/mol. The van der Waals surface area contributed by atoms with Gasteiger partial charge in [0.2, 0.25) is 0 Å². The molecule has 1 atom stereocenters. The van der Waals surface area contributed by atoms with Gasteiger partial charge >= 0.3 is 0 Å². The molecule has 0 saturated heterocycles. The molecule has 0 spiro atoms. The summed E-state index contributed by atoms with van der Waals surface area (Å²) in [4.78, 5) is 1.12. The van der Waals surface area contributed by atoms with Crippen LogP contribution in [0, 0.1) is 6.92 Å². The van der Waals surface area contributed by atoms with Crippen molar-refractivity contribution in [1.82, 2.24) is 0 Å². The van der Waals surface area contributed by atoms with Crippen LogP contribution in [0.3, 0.4) is 0 Å². The number of ether oxygens (including phenoxy) is 1. The third kappa shape index (κ3) is 2.67. The van der Waals surface area contributed by atoms with E-state index in [4.69, 9.17) is 16.3 Å². The zero-order valence-electron chi connectivity index (χ0n) is 9.54. The third-order valence-electron chi connectivity index (χ3n) is 2.60. The highest BCUT2D eigenvalue weighted by Gasteiger charge is 2.16. The van der Waals surface area contributed by atoms with Crippen LogP contribution in [0.15, 0.2) is 34.1 Å². The first-order valence-corrected chi connectivity index (χ1v) is 7.26. The normalized spacial score (nSPS) is 12.5. The molecule has 1 heterocycles. The number of aryl methyl sites for hydroxylation is 1. The van der Waals surface area contributed by atoms with Gasteiger partial charge in [0.25, 0.3) is 0 Å². The molecular weight excluding hydrogens is 320 g/mol. The number of methoxy groups -OCH3 is 1. The van der Waals surface area contributed by atoms with Crippen molar-refractivity contribution in [2.45, 2.75) is 12.3 Å². The van der Waals surface area contributed by atoms with Crippen LogP contribution >= 0.6 is 38.9 Å². The Bertz CT molecular complexity index is 524. The lowest BCUT2D eigenvalue weighted by Gasteiger charge is -2.12. The first kappa shape index (κ1) is 12.9. The maximum absolute atomic E-state index is 6.48. The Labute approximate surface area is 119 Å². The van der Waals surface area contributed by atoms with Gasteiger partial charge < -0.3 is 4.74 Å². The fourth-order valence-electron chi connectivity index (χ4n) is 1.63. The van der Waals surface area contributed by atoms with Crippen LogP contribution in [-0.2, 0) is 0 Å². The summed E-state index contributed by atoms with van der Waals surface area (Å²) < 4.78 is 6.37. The number of benzene rings is 1. The second-order valence-corrected chi connectivity index (χ2v) is 5.96. The summed E-state index contributed by atoms with van der Waals surface area (Å²) in [5, 5.41) is 1.89. The van der Waals surface area contributed by atoms with Gasteiger partial charge in [-0.25, -0.2) is 0 Å². The van der Waals surface area contributed by atoms with E-state index in [-0.39, 0.29) is 5.38 Å². The SMILES string of the molecule is COc1cc(C(Cl)c2sccc2Br)ccc1C. The third-order valence-corrected chi connectivity index (χ3v) is 5.13. The first-order valence-electron chi connectivity index (χ1n) is 5.15. The molecule has 4 heteroatoms. The lowest BCUT2D eigenvalue weighted by atomic mass is 10.1. The molecule has 0 aliphatic rings. The molecule has 1 nitrogen and oxygen atoms in total. The Morgan fingerprint density at radius 2 is 2.12 bits per heavy atom. The second kappa shape index (κ2) is 5.42. The highest BCUT2D eigenvalue weighted by molar-refractivity contribution is 9.10. The van der Waals surface area contributed by atoms with Crippen LogP contribution < -0.4 is 4.74 Å². The van der Waals surface area contributed by atoms with Crippen LogP contribution in [0.5, 0.6) is 5.75 Å². The maximum atomic E-state index is 6.48. The maximum Gasteiger partial charge on any atom is 0.122 e. The lowest BCUT2D eigenvalue weighted by Crippen LogP contribution is -1.94. The van der Waals surface area contributed by atoms with Gasteiger partial charge in [0.1, 0.15) is 5.75 Å². The quantitative estimate of drug-likeness (QED) is 0.706. The lowest BCUT2D eigenvalue weighted by molar-refractivity contribution is 0.411. The second-order valence-electron chi connectivity index (χ2n) is 3.72. The molecule has 90 valence electrons. The van der Waals surface area contributed by atoms with E-state index < -0.39 is 0 Å². The van der Waals surface area contributed by atoms with Crippen molar-refractivity contribution in [3.8, 4) is 5.75 Å². The van der Waals surface area contributed by atoms with Crippen molar-refractivity contribution in [3.63, 3.8) is 0 Å². The molecule has 2 aromatic rings. The van der Waals surface area contributed by atoms with Crippen LogP contribution in [-0.4, -0.2) is 7.11 Å². The van der Waals surface area contributed by atoms with Crippen molar-refractivity contribution < 1.29 is 4.74 Å². The van der Waals surface area contributed by atoms with Crippen molar-refractivity contribution >= 4 is 38.9 Å². The van der Waals surface area contributed by atoms with Crippen molar-refractivity contribution in [2.24, 2.45) is 0 Å². The summed E-state index contributed by atoms with van der Waals surface area (Å²) in [6.07, 6.45) is 0. The molecule has 0 bridgehead atoms. The molecule has 1 unspecified atom stereocenters. The zero-order chi connectivity index (χ0) is 12.4. The smallest absolute Gasteiger partial charge is 0.122 e. The molecule has 2 rings (SSSR count). The Hall–Kier alpha value is -0.510. The van der Waals surface area contributed by atoms with E-state index in [1.807, 2.05) is 36.6 Å². The van der Waals surface area contributed by atoms with E-state index >= 15 is 0 Å². The van der Waals surface area contributed by atoms with Gasteiger partial charge in [0, 0.05) is 9.35 Å². The van der Waals surface area contributed by atoms with Crippen LogP contribution in [0.25, 0.3) is 0 Å². The first-order chi connectivity index (χ1) is 8.13. The minimum Gasteiger partial charge on any atom is -0.496 e. The summed E-state index contributed by atoms with van der Waals surface area (Å²) in [7, 11) is 1.68. The summed E-state index contributed by atoms with van der Waals surface area (Å²) >= 11 is 11.6. The Morgan fingerprint density at radius 3 is 2.71 bits per heavy atom. The fraction of sp³-hybridized carbons (Fsp3) is 0.231. The minimum atomic E-state index is -0.140. The number of alkyl halides is 1. The summed E-state index contributed by atoms with van der Waals surface area (Å²) in [5.41, 5.74) is 2.17. The van der Waals surface area contributed by atoms with Crippen molar-refractivity contribution in [1.29, 1.82) is 0 Å². The van der Waals surface area contributed by atoms with E-state index in [0.717, 1.165) is 26.2 Å². The highest BCUT2D eigenvalue weighted by Crippen LogP contribution is 2.38. The molecule has 0 saturated carbocycles. The van der Waals surface area contributed by atoms with Crippen LogP contribution in [0.1, 0.15) is 21.4 Å². The fourth-order valence-corrected chi connectivity index (χ4v) is 3.77. The van der Waals surface area contributed by atoms with E-state index in [1.54, 1.807) is 18.4 Å². The van der Waals surface area contributed by atoms with Gasteiger partial charge in [-0.1, -0.05) is 12.1 Å². The average molecular weight is 332 g/mol. The van der Waals surface area contributed by atoms with Gasteiger partial charge in [0.15, 0.2) is 0 Å². The highest BCUT2D eigenvalue weighted by atomic mass is 79.9. The van der Waals surface area contributed by atoms with Crippen molar-refractivity contribution in [3.05, 3.63) is 50.1 Å². The Balaban J connectivity index is 2.38. The van der Waals surface area contributed by atoms with Gasteiger partial charge in [-0.05, 0) is 51.5 Å².